The van der Waals surface area contributed by atoms with Gasteiger partial charge in [-0.25, -0.2) is 4.79 Å². The Kier molecular flexibility index (Phi) is 4.34. The van der Waals surface area contributed by atoms with E-state index in [2.05, 4.69) is 10.1 Å². The molecule has 0 aliphatic heterocycles. The molecular formula is C11H17NO3. The van der Waals surface area contributed by atoms with Crippen LogP contribution in [0, 0.1) is 0 Å². The fraction of sp³-hybridized carbons (Fsp3) is 0.636. The molecule has 1 unspecified atom stereocenters. The van der Waals surface area contributed by atoms with Crippen LogP contribution in [-0.4, -0.2) is 25.0 Å². The summed E-state index contributed by atoms with van der Waals surface area (Å²) >= 11 is 0. The first-order valence-corrected chi connectivity index (χ1v) is 5.23. The van der Waals surface area contributed by atoms with Crippen LogP contribution in [0.3, 0.4) is 0 Å². The van der Waals surface area contributed by atoms with Crippen molar-refractivity contribution in [3.63, 3.8) is 0 Å². The van der Waals surface area contributed by atoms with Crippen molar-refractivity contribution in [1.29, 1.82) is 0 Å². The molecule has 4 nitrogen and oxygen atoms in total. The van der Waals surface area contributed by atoms with Gasteiger partial charge >= 0.3 is 5.97 Å². The lowest BCUT2D eigenvalue weighted by Crippen LogP contribution is -2.40. The Hall–Kier alpha value is -1.32. The summed E-state index contributed by atoms with van der Waals surface area (Å²) in [5, 5.41) is 2.62. The first kappa shape index (κ1) is 11.8. The minimum absolute atomic E-state index is 0.146. The van der Waals surface area contributed by atoms with E-state index < -0.39 is 12.0 Å². The number of hydrogen-bond acceptors (Lipinski definition) is 3. The molecule has 1 rings (SSSR count). The summed E-state index contributed by atoms with van der Waals surface area (Å²) in [6.07, 6.45) is 5.90. The van der Waals surface area contributed by atoms with Crippen molar-refractivity contribution in [2.75, 3.05) is 7.11 Å². The molecule has 1 aliphatic rings. The third kappa shape index (κ3) is 3.38. The van der Waals surface area contributed by atoms with Gasteiger partial charge in [-0.15, -0.1) is 0 Å². The van der Waals surface area contributed by atoms with E-state index in [-0.39, 0.29) is 5.91 Å². The first-order valence-electron chi connectivity index (χ1n) is 5.23. The highest BCUT2D eigenvalue weighted by Gasteiger charge is 2.18. The number of rotatable bonds is 3. The fourth-order valence-corrected chi connectivity index (χ4v) is 1.57. The zero-order valence-electron chi connectivity index (χ0n) is 9.21. The number of hydrogen-bond donors (Lipinski definition) is 1. The molecule has 0 aromatic carbocycles. The lowest BCUT2D eigenvalue weighted by Gasteiger charge is -2.15. The maximum atomic E-state index is 11.6. The van der Waals surface area contributed by atoms with Crippen molar-refractivity contribution >= 4 is 11.9 Å². The number of ether oxygens (including phenoxy) is 1. The van der Waals surface area contributed by atoms with Crippen molar-refractivity contribution in [2.24, 2.45) is 0 Å². The Morgan fingerprint density at radius 2 is 2.20 bits per heavy atom. The number of carbonyl (C=O) groups is 2. The number of methoxy groups -OCH3 is 1. The highest BCUT2D eigenvalue weighted by Crippen LogP contribution is 2.17. The molecule has 0 aromatic heterocycles. The summed E-state index contributed by atoms with van der Waals surface area (Å²) in [6, 6.07) is -0.578. The van der Waals surface area contributed by atoms with E-state index in [4.69, 9.17) is 0 Å². The number of nitrogens with one attached hydrogen (secondary N) is 1. The lowest BCUT2D eigenvalue weighted by atomic mass is 9.99. The Labute approximate surface area is 89.7 Å². The molecule has 0 spiro atoms. The molecule has 15 heavy (non-hydrogen) atoms. The molecule has 1 N–H and O–H groups in total. The minimum Gasteiger partial charge on any atom is -0.467 e. The van der Waals surface area contributed by atoms with Gasteiger partial charge in [0.25, 0.3) is 0 Å². The molecule has 84 valence electrons. The third-order valence-electron chi connectivity index (χ3n) is 2.48. The first-order chi connectivity index (χ1) is 7.15. The number of carbonyl (C=O) groups excluding carboxylic acids is 2. The van der Waals surface area contributed by atoms with E-state index in [9.17, 15) is 9.59 Å². The number of esters is 1. The molecule has 1 atom stereocenters. The second kappa shape index (κ2) is 5.53. The smallest absolute Gasteiger partial charge is 0.328 e. The van der Waals surface area contributed by atoms with E-state index in [0.29, 0.717) is 0 Å². The largest absolute Gasteiger partial charge is 0.467 e. The van der Waals surface area contributed by atoms with Crippen LogP contribution in [0.2, 0.25) is 0 Å². The zero-order valence-corrected chi connectivity index (χ0v) is 9.21. The van der Waals surface area contributed by atoms with Crippen LogP contribution in [0.15, 0.2) is 11.6 Å². The van der Waals surface area contributed by atoms with E-state index in [1.807, 2.05) is 6.08 Å². The molecule has 0 bridgehead atoms. The molecule has 4 heteroatoms. The molecule has 0 fully saturated rings. The van der Waals surface area contributed by atoms with Crippen LogP contribution in [0.5, 0.6) is 0 Å². The standard InChI is InChI=1S/C11H17NO3/c1-8(11(14)15-2)12-10(13)9-6-4-3-5-7-9/h6,8H,3-5,7H2,1-2H3,(H,12,13). The van der Waals surface area contributed by atoms with E-state index in [1.165, 1.54) is 7.11 Å². The summed E-state index contributed by atoms with van der Waals surface area (Å²) in [5.41, 5.74) is 0.789. The van der Waals surface area contributed by atoms with Crippen molar-refractivity contribution in [3.05, 3.63) is 11.6 Å². The van der Waals surface area contributed by atoms with Crippen molar-refractivity contribution in [2.45, 2.75) is 38.6 Å². The molecule has 0 aromatic rings. The maximum absolute atomic E-state index is 11.6. The van der Waals surface area contributed by atoms with E-state index >= 15 is 0 Å². The van der Waals surface area contributed by atoms with Crippen molar-refractivity contribution < 1.29 is 14.3 Å². The van der Waals surface area contributed by atoms with Gasteiger partial charge in [0.05, 0.1) is 7.11 Å². The minimum atomic E-state index is -0.578. The molecular weight excluding hydrogens is 194 g/mol. The second-order valence-electron chi connectivity index (χ2n) is 3.69. The molecule has 0 saturated carbocycles. The predicted octanol–water partition coefficient (Wildman–Crippen LogP) is 1.16. The van der Waals surface area contributed by atoms with Gasteiger partial charge in [-0.3, -0.25) is 4.79 Å². The summed E-state index contributed by atoms with van der Waals surface area (Å²) in [6.45, 7) is 1.62. The Morgan fingerprint density at radius 1 is 1.47 bits per heavy atom. The Balaban J connectivity index is 2.47. The van der Waals surface area contributed by atoms with Crippen LogP contribution in [0.4, 0.5) is 0 Å². The highest BCUT2D eigenvalue weighted by molar-refractivity contribution is 5.96. The Bertz CT molecular complexity index is 284. The molecule has 0 radical (unpaired) electrons. The molecule has 0 heterocycles. The quantitative estimate of drug-likeness (QED) is 0.713. The van der Waals surface area contributed by atoms with Crippen LogP contribution < -0.4 is 5.32 Å². The van der Waals surface area contributed by atoms with E-state index in [0.717, 1.165) is 31.3 Å². The van der Waals surface area contributed by atoms with Crippen LogP contribution >= 0.6 is 0 Å². The summed E-state index contributed by atoms with van der Waals surface area (Å²) < 4.78 is 4.53. The van der Waals surface area contributed by atoms with Crippen LogP contribution in [0.25, 0.3) is 0 Å². The predicted molar refractivity (Wildman–Crippen MR) is 56.2 cm³/mol. The molecule has 1 aliphatic carbocycles. The van der Waals surface area contributed by atoms with Gasteiger partial charge in [-0.05, 0) is 32.6 Å². The van der Waals surface area contributed by atoms with Crippen LogP contribution in [-0.2, 0) is 14.3 Å². The summed E-state index contributed by atoms with van der Waals surface area (Å²) in [5.74, 6) is -0.563. The van der Waals surface area contributed by atoms with Gasteiger partial charge < -0.3 is 10.1 Å². The lowest BCUT2D eigenvalue weighted by molar-refractivity contribution is -0.144. The van der Waals surface area contributed by atoms with Gasteiger partial charge in [0, 0.05) is 5.57 Å². The zero-order chi connectivity index (χ0) is 11.3. The van der Waals surface area contributed by atoms with Gasteiger partial charge in [0.1, 0.15) is 6.04 Å². The van der Waals surface area contributed by atoms with E-state index in [1.54, 1.807) is 6.92 Å². The fourth-order valence-electron chi connectivity index (χ4n) is 1.57. The number of allylic oxidation sites excluding steroid dienone is 1. The summed E-state index contributed by atoms with van der Waals surface area (Å²) in [7, 11) is 1.31. The van der Waals surface area contributed by atoms with Gasteiger partial charge in [0.2, 0.25) is 5.91 Å². The third-order valence-corrected chi connectivity index (χ3v) is 2.48. The topological polar surface area (TPSA) is 55.4 Å². The van der Waals surface area contributed by atoms with Gasteiger partial charge in [-0.1, -0.05) is 6.08 Å². The average Bonchev–Trinajstić information content (AvgIpc) is 2.29. The number of amides is 1. The normalized spacial score (nSPS) is 17.6. The maximum Gasteiger partial charge on any atom is 0.328 e. The monoisotopic (exact) mass is 211 g/mol. The van der Waals surface area contributed by atoms with Gasteiger partial charge in [0.15, 0.2) is 0 Å². The SMILES string of the molecule is COC(=O)C(C)NC(=O)C1=CCCCC1. The summed E-state index contributed by atoms with van der Waals surface area (Å²) in [4.78, 5) is 22.7. The highest BCUT2D eigenvalue weighted by atomic mass is 16.5. The molecule has 1 amide bonds. The Morgan fingerprint density at radius 3 is 2.73 bits per heavy atom. The van der Waals surface area contributed by atoms with Gasteiger partial charge in [-0.2, -0.15) is 0 Å². The van der Waals surface area contributed by atoms with Crippen molar-refractivity contribution in [3.8, 4) is 0 Å². The van der Waals surface area contributed by atoms with Crippen molar-refractivity contribution in [1.82, 2.24) is 5.32 Å². The van der Waals surface area contributed by atoms with Crippen LogP contribution in [0.1, 0.15) is 32.6 Å². The second-order valence-corrected chi connectivity index (χ2v) is 3.69. The molecule has 0 saturated heterocycles. The average molecular weight is 211 g/mol.